The number of amides is 3. The van der Waals surface area contributed by atoms with Gasteiger partial charge in [-0.3, -0.25) is 9.69 Å². The zero-order chi connectivity index (χ0) is 19.8. The van der Waals surface area contributed by atoms with E-state index in [1.165, 1.54) is 4.90 Å². The number of urea groups is 1. The van der Waals surface area contributed by atoms with Crippen molar-refractivity contribution < 1.29 is 9.59 Å². The van der Waals surface area contributed by atoms with Gasteiger partial charge in [-0.1, -0.05) is 44.5 Å². The molecule has 3 amide bonds. The van der Waals surface area contributed by atoms with Gasteiger partial charge in [0.05, 0.1) is 6.67 Å². The second kappa shape index (κ2) is 7.44. The molecule has 27 heavy (non-hydrogen) atoms. The van der Waals surface area contributed by atoms with E-state index in [-0.39, 0.29) is 24.0 Å². The summed E-state index contributed by atoms with van der Waals surface area (Å²) in [5.74, 6) is 0.525. The highest BCUT2D eigenvalue weighted by atomic mass is 35.5. The lowest BCUT2D eigenvalue weighted by Gasteiger charge is -2.40. The van der Waals surface area contributed by atoms with Gasteiger partial charge in [-0.2, -0.15) is 0 Å². The Morgan fingerprint density at radius 1 is 1.19 bits per heavy atom. The van der Waals surface area contributed by atoms with Gasteiger partial charge in [0, 0.05) is 11.6 Å². The first-order valence-electron chi connectivity index (χ1n) is 9.68. The summed E-state index contributed by atoms with van der Waals surface area (Å²) in [5.41, 5.74) is 0.639. The average molecular weight is 392 g/mol. The number of halogens is 1. The number of rotatable bonds is 4. The molecule has 0 unspecified atom stereocenters. The summed E-state index contributed by atoms with van der Waals surface area (Å²) in [7, 11) is 1.91. The Bertz CT molecular complexity index is 703. The normalized spacial score (nSPS) is 26.1. The molecule has 6 heteroatoms. The molecule has 3 rings (SSSR count). The standard InChI is InChI=1S/C21H30ClN3O2/c1-20(2,3)16-9-11-21(12-10-16)18(26)25(19(27)23-21)14-24(4)13-15-5-7-17(22)8-6-15/h5-8,16H,9-14H2,1-4H3,(H,23,27). The van der Waals surface area contributed by atoms with E-state index in [2.05, 4.69) is 26.1 Å². The third-order valence-corrected chi connectivity index (χ3v) is 6.31. The molecule has 1 spiro atoms. The maximum Gasteiger partial charge on any atom is 0.326 e. The molecule has 0 radical (unpaired) electrons. The quantitative estimate of drug-likeness (QED) is 0.780. The van der Waals surface area contributed by atoms with E-state index in [0.29, 0.717) is 17.5 Å². The second-order valence-electron chi connectivity index (χ2n) is 9.17. The highest BCUT2D eigenvalue weighted by Crippen LogP contribution is 2.43. The summed E-state index contributed by atoms with van der Waals surface area (Å²) in [4.78, 5) is 28.9. The molecule has 1 aliphatic heterocycles. The summed E-state index contributed by atoms with van der Waals surface area (Å²) < 4.78 is 0. The fourth-order valence-electron chi connectivity index (χ4n) is 4.31. The van der Waals surface area contributed by atoms with Crippen LogP contribution in [0.2, 0.25) is 5.02 Å². The zero-order valence-corrected chi connectivity index (χ0v) is 17.5. The predicted octanol–water partition coefficient (Wildman–Crippen LogP) is 4.26. The van der Waals surface area contributed by atoms with Crippen LogP contribution in [0, 0.1) is 11.3 Å². The number of carbonyl (C=O) groups is 2. The fraction of sp³-hybridized carbons (Fsp3) is 0.619. The minimum atomic E-state index is -0.694. The van der Waals surface area contributed by atoms with E-state index in [1.54, 1.807) is 0 Å². The molecular weight excluding hydrogens is 362 g/mol. The van der Waals surface area contributed by atoms with Crippen molar-refractivity contribution >= 4 is 23.5 Å². The maximum absolute atomic E-state index is 13.1. The second-order valence-corrected chi connectivity index (χ2v) is 9.60. The van der Waals surface area contributed by atoms with Crippen LogP contribution in [0.1, 0.15) is 52.0 Å². The molecule has 2 fully saturated rings. The monoisotopic (exact) mass is 391 g/mol. The Hall–Kier alpha value is -1.59. The molecule has 0 aromatic heterocycles. The van der Waals surface area contributed by atoms with Crippen molar-refractivity contribution in [2.24, 2.45) is 11.3 Å². The molecular formula is C21H30ClN3O2. The van der Waals surface area contributed by atoms with Gasteiger partial charge >= 0.3 is 6.03 Å². The van der Waals surface area contributed by atoms with Crippen LogP contribution in [0.15, 0.2) is 24.3 Å². The van der Waals surface area contributed by atoms with E-state index < -0.39 is 5.54 Å². The smallest absolute Gasteiger partial charge is 0.323 e. The number of nitrogens with zero attached hydrogens (tertiary/aromatic N) is 2. The molecule has 148 valence electrons. The molecule has 1 aromatic rings. The molecule has 1 saturated heterocycles. The largest absolute Gasteiger partial charge is 0.326 e. The van der Waals surface area contributed by atoms with Crippen LogP contribution in [0.5, 0.6) is 0 Å². The van der Waals surface area contributed by atoms with E-state index in [0.717, 1.165) is 31.2 Å². The van der Waals surface area contributed by atoms with Gasteiger partial charge in [-0.05, 0) is 61.8 Å². The zero-order valence-electron chi connectivity index (χ0n) is 16.7. The van der Waals surface area contributed by atoms with E-state index in [1.807, 2.05) is 36.2 Å². The molecule has 2 aliphatic rings. The van der Waals surface area contributed by atoms with Crippen molar-refractivity contribution in [3.63, 3.8) is 0 Å². The maximum atomic E-state index is 13.1. The van der Waals surface area contributed by atoms with Crippen molar-refractivity contribution in [3.05, 3.63) is 34.9 Å². The number of carbonyl (C=O) groups excluding carboxylic acids is 2. The Kier molecular flexibility index (Phi) is 5.55. The van der Waals surface area contributed by atoms with Gasteiger partial charge in [0.15, 0.2) is 0 Å². The minimum Gasteiger partial charge on any atom is -0.323 e. The highest BCUT2D eigenvalue weighted by Gasteiger charge is 2.53. The Morgan fingerprint density at radius 3 is 2.33 bits per heavy atom. The molecule has 1 saturated carbocycles. The van der Waals surface area contributed by atoms with Crippen LogP contribution in [0.25, 0.3) is 0 Å². The third kappa shape index (κ3) is 4.30. The first-order valence-corrected chi connectivity index (χ1v) is 10.1. The Labute approximate surface area is 167 Å². The van der Waals surface area contributed by atoms with Crippen LogP contribution >= 0.6 is 11.6 Å². The highest BCUT2D eigenvalue weighted by molar-refractivity contribution is 6.30. The van der Waals surface area contributed by atoms with Crippen molar-refractivity contribution in [2.75, 3.05) is 13.7 Å². The van der Waals surface area contributed by atoms with Crippen molar-refractivity contribution in [1.29, 1.82) is 0 Å². The molecule has 5 nitrogen and oxygen atoms in total. The molecule has 1 aliphatic carbocycles. The van der Waals surface area contributed by atoms with Gasteiger partial charge in [-0.15, -0.1) is 0 Å². The lowest BCUT2D eigenvalue weighted by molar-refractivity contribution is -0.134. The summed E-state index contributed by atoms with van der Waals surface area (Å²) in [6.45, 7) is 7.69. The Morgan fingerprint density at radius 2 is 1.78 bits per heavy atom. The number of nitrogens with one attached hydrogen (secondary N) is 1. The fourth-order valence-corrected chi connectivity index (χ4v) is 4.44. The molecule has 0 atom stereocenters. The lowest BCUT2D eigenvalue weighted by atomic mass is 9.67. The summed E-state index contributed by atoms with van der Waals surface area (Å²) in [6, 6.07) is 7.35. The molecule has 0 bridgehead atoms. The van der Waals surface area contributed by atoms with Crippen LogP contribution < -0.4 is 5.32 Å². The summed E-state index contributed by atoms with van der Waals surface area (Å²) in [6.07, 6.45) is 3.42. The number of benzene rings is 1. The van der Waals surface area contributed by atoms with Crippen LogP contribution in [0.3, 0.4) is 0 Å². The Balaban J connectivity index is 1.62. The molecule has 1 aromatic carbocycles. The van der Waals surface area contributed by atoms with E-state index in [4.69, 9.17) is 11.6 Å². The summed E-state index contributed by atoms with van der Waals surface area (Å²) in [5, 5.41) is 3.71. The predicted molar refractivity (Wildman–Crippen MR) is 107 cm³/mol. The van der Waals surface area contributed by atoms with Crippen molar-refractivity contribution in [2.45, 2.75) is 58.5 Å². The van der Waals surface area contributed by atoms with Gasteiger partial charge in [0.1, 0.15) is 5.54 Å². The summed E-state index contributed by atoms with van der Waals surface area (Å²) >= 11 is 5.93. The molecule has 1 N–H and O–H groups in total. The average Bonchev–Trinajstić information content (AvgIpc) is 2.81. The van der Waals surface area contributed by atoms with E-state index in [9.17, 15) is 9.59 Å². The van der Waals surface area contributed by atoms with Crippen molar-refractivity contribution in [1.82, 2.24) is 15.1 Å². The van der Waals surface area contributed by atoms with Crippen molar-refractivity contribution in [3.8, 4) is 0 Å². The first-order chi connectivity index (χ1) is 12.6. The van der Waals surface area contributed by atoms with Crippen LogP contribution in [-0.2, 0) is 11.3 Å². The lowest BCUT2D eigenvalue weighted by Crippen LogP contribution is -2.51. The third-order valence-electron chi connectivity index (χ3n) is 6.06. The topological polar surface area (TPSA) is 52.6 Å². The number of imide groups is 1. The van der Waals surface area contributed by atoms with Gasteiger partial charge < -0.3 is 5.32 Å². The number of hydrogen-bond acceptors (Lipinski definition) is 3. The SMILES string of the molecule is CN(Cc1ccc(Cl)cc1)CN1C(=O)NC2(CCC(C(C)(C)C)CC2)C1=O. The van der Waals surface area contributed by atoms with Crippen LogP contribution in [0.4, 0.5) is 4.79 Å². The number of hydrogen-bond donors (Lipinski definition) is 1. The van der Waals surface area contributed by atoms with Gasteiger partial charge in [-0.25, -0.2) is 9.69 Å². The molecule has 1 heterocycles. The van der Waals surface area contributed by atoms with Gasteiger partial charge in [0.25, 0.3) is 5.91 Å². The van der Waals surface area contributed by atoms with Gasteiger partial charge in [0.2, 0.25) is 0 Å². The minimum absolute atomic E-state index is 0.0668. The van der Waals surface area contributed by atoms with Crippen LogP contribution in [-0.4, -0.2) is 41.0 Å². The first kappa shape index (κ1) is 20.2. The van der Waals surface area contributed by atoms with E-state index >= 15 is 0 Å².